The van der Waals surface area contributed by atoms with Gasteiger partial charge in [-0.25, -0.2) is 9.59 Å². The summed E-state index contributed by atoms with van der Waals surface area (Å²) in [6.07, 6.45) is 0. The van der Waals surface area contributed by atoms with Gasteiger partial charge in [0.1, 0.15) is 12.3 Å². The molecule has 0 fully saturated rings. The maximum absolute atomic E-state index is 12.3. The maximum Gasteiger partial charge on any atom is 0.339 e. The number of carbonyl (C=O) groups excluding carboxylic acids is 2. The highest BCUT2D eigenvalue weighted by atomic mass is 16.5. The van der Waals surface area contributed by atoms with Crippen LogP contribution in [0.3, 0.4) is 0 Å². The monoisotopic (exact) mass is 351 g/mol. The molecule has 3 rings (SSSR count). The first-order chi connectivity index (χ1) is 12.6. The van der Waals surface area contributed by atoms with Gasteiger partial charge in [0.05, 0.1) is 18.2 Å². The van der Waals surface area contributed by atoms with Crippen LogP contribution < -0.4 is 0 Å². The lowest BCUT2D eigenvalue weighted by Crippen LogP contribution is -2.12. The van der Waals surface area contributed by atoms with E-state index in [1.54, 1.807) is 18.2 Å². The topological polar surface area (TPSA) is 78.6 Å². The van der Waals surface area contributed by atoms with Crippen LogP contribution in [0.5, 0.6) is 0 Å². The molecule has 3 aromatic rings. The standard InChI is InChI=1S/C20H17NO5/c1-13-7-9-14(10-8-13)18-11-15(21-26-18)12-25-20(23)17-6-4-3-5-16(17)19(22)24-2/h3-11H,12H2,1-2H3. The summed E-state index contributed by atoms with van der Waals surface area (Å²) in [4.78, 5) is 24.0. The van der Waals surface area contributed by atoms with E-state index in [1.807, 2.05) is 31.2 Å². The van der Waals surface area contributed by atoms with Crippen LogP contribution in [0.15, 0.2) is 59.1 Å². The molecule has 0 saturated heterocycles. The van der Waals surface area contributed by atoms with Crippen LogP contribution in [0.25, 0.3) is 11.3 Å². The summed E-state index contributed by atoms with van der Waals surface area (Å²) >= 11 is 0. The van der Waals surface area contributed by atoms with Crippen molar-refractivity contribution >= 4 is 11.9 Å². The quantitative estimate of drug-likeness (QED) is 0.651. The number of rotatable bonds is 5. The van der Waals surface area contributed by atoms with Gasteiger partial charge in [0.15, 0.2) is 5.76 Å². The van der Waals surface area contributed by atoms with Gasteiger partial charge in [-0.3, -0.25) is 0 Å². The summed E-state index contributed by atoms with van der Waals surface area (Å²) < 4.78 is 15.2. The molecule has 2 aromatic carbocycles. The van der Waals surface area contributed by atoms with Crippen molar-refractivity contribution in [1.82, 2.24) is 5.16 Å². The fourth-order valence-electron chi connectivity index (χ4n) is 2.40. The van der Waals surface area contributed by atoms with Crippen LogP contribution in [0.4, 0.5) is 0 Å². The molecule has 0 bridgehead atoms. The van der Waals surface area contributed by atoms with Crippen molar-refractivity contribution in [3.05, 3.63) is 77.0 Å². The van der Waals surface area contributed by atoms with Gasteiger partial charge >= 0.3 is 11.9 Å². The molecule has 0 amide bonds. The number of carbonyl (C=O) groups is 2. The van der Waals surface area contributed by atoms with Crippen LogP contribution in [0.2, 0.25) is 0 Å². The molecule has 0 aliphatic carbocycles. The van der Waals surface area contributed by atoms with E-state index in [0.29, 0.717) is 11.5 Å². The first-order valence-corrected chi connectivity index (χ1v) is 7.95. The molecule has 1 heterocycles. The Hall–Kier alpha value is -3.41. The molecule has 0 N–H and O–H groups in total. The van der Waals surface area contributed by atoms with Crippen molar-refractivity contribution in [3.63, 3.8) is 0 Å². The molecule has 1 aromatic heterocycles. The molecule has 0 unspecified atom stereocenters. The zero-order chi connectivity index (χ0) is 18.5. The highest BCUT2D eigenvalue weighted by molar-refractivity contribution is 6.03. The summed E-state index contributed by atoms with van der Waals surface area (Å²) in [5, 5.41) is 3.91. The summed E-state index contributed by atoms with van der Waals surface area (Å²) in [5.74, 6) is -0.641. The molecular formula is C20H17NO5. The number of methoxy groups -OCH3 is 1. The van der Waals surface area contributed by atoms with E-state index in [0.717, 1.165) is 11.1 Å². The minimum atomic E-state index is -0.633. The van der Waals surface area contributed by atoms with Crippen LogP contribution in [-0.2, 0) is 16.1 Å². The first kappa shape index (κ1) is 17.4. The van der Waals surface area contributed by atoms with E-state index in [4.69, 9.17) is 9.26 Å². The zero-order valence-electron chi connectivity index (χ0n) is 14.4. The van der Waals surface area contributed by atoms with E-state index >= 15 is 0 Å². The third-order valence-electron chi connectivity index (χ3n) is 3.80. The molecule has 0 atom stereocenters. The predicted molar refractivity (Wildman–Crippen MR) is 93.6 cm³/mol. The fourth-order valence-corrected chi connectivity index (χ4v) is 2.40. The van der Waals surface area contributed by atoms with E-state index in [2.05, 4.69) is 9.89 Å². The number of hydrogen-bond acceptors (Lipinski definition) is 6. The van der Waals surface area contributed by atoms with E-state index in [-0.39, 0.29) is 17.7 Å². The molecule has 0 aliphatic heterocycles. The summed E-state index contributed by atoms with van der Waals surface area (Å²) in [6, 6.07) is 15.8. The van der Waals surface area contributed by atoms with Gasteiger partial charge < -0.3 is 14.0 Å². The average molecular weight is 351 g/mol. The second kappa shape index (κ2) is 7.65. The third-order valence-corrected chi connectivity index (χ3v) is 3.80. The Labute approximate surface area is 150 Å². The van der Waals surface area contributed by atoms with Crippen molar-refractivity contribution in [2.45, 2.75) is 13.5 Å². The Kier molecular flexibility index (Phi) is 5.12. The van der Waals surface area contributed by atoms with Gasteiger partial charge in [0.25, 0.3) is 0 Å². The van der Waals surface area contributed by atoms with Gasteiger partial charge in [0.2, 0.25) is 0 Å². The van der Waals surface area contributed by atoms with E-state index < -0.39 is 11.9 Å². The van der Waals surface area contributed by atoms with E-state index in [9.17, 15) is 9.59 Å². The molecule has 6 nitrogen and oxygen atoms in total. The van der Waals surface area contributed by atoms with Gasteiger partial charge in [0, 0.05) is 11.6 Å². The van der Waals surface area contributed by atoms with Crippen LogP contribution in [0, 0.1) is 6.92 Å². The lowest BCUT2D eigenvalue weighted by Gasteiger charge is -2.07. The first-order valence-electron chi connectivity index (χ1n) is 7.95. The van der Waals surface area contributed by atoms with Gasteiger partial charge in [-0.1, -0.05) is 47.1 Å². The molecule has 6 heteroatoms. The minimum Gasteiger partial charge on any atom is -0.465 e. The Morgan fingerprint density at radius 3 is 2.31 bits per heavy atom. The second-order valence-electron chi connectivity index (χ2n) is 5.66. The number of nitrogens with zero attached hydrogens (tertiary/aromatic N) is 1. The van der Waals surface area contributed by atoms with Crippen molar-refractivity contribution in [2.75, 3.05) is 7.11 Å². The van der Waals surface area contributed by atoms with Crippen molar-refractivity contribution < 1.29 is 23.6 Å². The van der Waals surface area contributed by atoms with Crippen LogP contribution in [0.1, 0.15) is 32.0 Å². The van der Waals surface area contributed by atoms with E-state index in [1.165, 1.54) is 19.2 Å². The molecule has 0 aliphatic rings. The number of aromatic nitrogens is 1. The zero-order valence-corrected chi connectivity index (χ0v) is 14.4. The Morgan fingerprint density at radius 1 is 1.00 bits per heavy atom. The summed E-state index contributed by atoms with van der Waals surface area (Å²) in [7, 11) is 1.26. The molecule has 0 spiro atoms. The predicted octanol–water partition coefficient (Wildman–Crippen LogP) is 3.79. The van der Waals surface area contributed by atoms with Gasteiger partial charge in [-0.15, -0.1) is 0 Å². The van der Waals surface area contributed by atoms with Crippen LogP contribution in [-0.4, -0.2) is 24.2 Å². The second-order valence-corrected chi connectivity index (χ2v) is 5.66. The number of esters is 2. The molecule has 0 radical (unpaired) electrons. The lowest BCUT2D eigenvalue weighted by molar-refractivity contribution is 0.0450. The largest absolute Gasteiger partial charge is 0.465 e. The molecule has 132 valence electrons. The van der Waals surface area contributed by atoms with Crippen molar-refractivity contribution in [2.24, 2.45) is 0 Å². The van der Waals surface area contributed by atoms with Gasteiger partial charge in [-0.05, 0) is 19.1 Å². The molecular weight excluding hydrogens is 334 g/mol. The SMILES string of the molecule is COC(=O)c1ccccc1C(=O)OCc1cc(-c2ccc(C)cc2)on1. The minimum absolute atomic E-state index is 0.0658. The smallest absolute Gasteiger partial charge is 0.339 e. The Morgan fingerprint density at radius 2 is 1.65 bits per heavy atom. The number of benzene rings is 2. The molecule has 26 heavy (non-hydrogen) atoms. The highest BCUT2D eigenvalue weighted by Crippen LogP contribution is 2.21. The Bertz CT molecular complexity index is 927. The fraction of sp³-hybridized carbons (Fsp3) is 0.150. The number of hydrogen-bond donors (Lipinski definition) is 0. The average Bonchev–Trinajstić information content (AvgIpc) is 3.15. The Balaban J connectivity index is 1.69. The van der Waals surface area contributed by atoms with Crippen molar-refractivity contribution in [1.29, 1.82) is 0 Å². The summed E-state index contributed by atoms with van der Waals surface area (Å²) in [5.41, 5.74) is 2.80. The normalized spacial score (nSPS) is 10.4. The van der Waals surface area contributed by atoms with Crippen LogP contribution >= 0.6 is 0 Å². The van der Waals surface area contributed by atoms with Crippen molar-refractivity contribution in [3.8, 4) is 11.3 Å². The molecule has 0 saturated carbocycles. The number of ether oxygens (including phenoxy) is 2. The maximum atomic E-state index is 12.3. The number of aryl methyl sites for hydroxylation is 1. The third kappa shape index (κ3) is 3.80. The summed E-state index contributed by atoms with van der Waals surface area (Å²) in [6.45, 7) is 1.94. The highest BCUT2D eigenvalue weighted by Gasteiger charge is 2.19. The van der Waals surface area contributed by atoms with Gasteiger partial charge in [-0.2, -0.15) is 0 Å². The lowest BCUT2D eigenvalue weighted by atomic mass is 10.1.